The van der Waals surface area contributed by atoms with Gasteiger partial charge in [0.2, 0.25) is 0 Å². The molecule has 2 atom stereocenters. The standard InChI is InChI=1S/C11H14S/c1-7-5-4-6-10-11(7)8(2)9(3)12-10/h4-6,8-9H,1-3H3. The van der Waals surface area contributed by atoms with E-state index in [1.165, 1.54) is 10.5 Å². The smallest absolute Gasteiger partial charge is 0.0133 e. The van der Waals surface area contributed by atoms with Crippen LogP contribution < -0.4 is 0 Å². The van der Waals surface area contributed by atoms with Crippen LogP contribution in [0.2, 0.25) is 0 Å². The minimum Gasteiger partial charge on any atom is -0.122 e. The summed E-state index contributed by atoms with van der Waals surface area (Å²) in [6.07, 6.45) is 0. The fourth-order valence-electron chi connectivity index (χ4n) is 1.88. The van der Waals surface area contributed by atoms with Gasteiger partial charge in [0.15, 0.2) is 0 Å². The van der Waals surface area contributed by atoms with Crippen LogP contribution in [-0.2, 0) is 0 Å². The lowest BCUT2D eigenvalue weighted by molar-refractivity contribution is 0.755. The van der Waals surface area contributed by atoms with Gasteiger partial charge in [0.1, 0.15) is 0 Å². The van der Waals surface area contributed by atoms with E-state index in [9.17, 15) is 0 Å². The lowest BCUT2D eigenvalue weighted by atomic mass is 9.95. The zero-order valence-electron chi connectivity index (χ0n) is 7.79. The Hall–Kier alpha value is -0.430. The maximum Gasteiger partial charge on any atom is 0.0133 e. The number of benzene rings is 1. The van der Waals surface area contributed by atoms with E-state index in [0.717, 1.165) is 11.2 Å². The van der Waals surface area contributed by atoms with E-state index in [2.05, 4.69) is 39.0 Å². The number of rotatable bonds is 0. The van der Waals surface area contributed by atoms with E-state index >= 15 is 0 Å². The first kappa shape index (κ1) is 8.18. The SMILES string of the molecule is Cc1cccc2c1C(C)C(C)S2. The fraction of sp³-hybridized carbons (Fsp3) is 0.455. The Morgan fingerprint density at radius 1 is 1.25 bits per heavy atom. The van der Waals surface area contributed by atoms with Gasteiger partial charge < -0.3 is 0 Å². The molecule has 0 nitrogen and oxygen atoms in total. The minimum atomic E-state index is 0.728. The monoisotopic (exact) mass is 178 g/mol. The summed E-state index contributed by atoms with van der Waals surface area (Å²) in [6.45, 7) is 6.86. The summed E-state index contributed by atoms with van der Waals surface area (Å²) < 4.78 is 0. The molecule has 2 unspecified atom stereocenters. The van der Waals surface area contributed by atoms with E-state index in [0.29, 0.717) is 0 Å². The quantitative estimate of drug-likeness (QED) is 0.585. The van der Waals surface area contributed by atoms with E-state index in [1.54, 1.807) is 5.56 Å². The fourth-order valence-corrected chi connectivity index (χ4v) is 3.25. The van der Waals surface area contributed by atoms with Crippen molar-refractivity contribution in [1.82, 2.24) is 0 Å². The molecule has 0 spiro atoms. The summed E-state index contributed by atoms with van der Waals surface area (Å²) in [6, 6.07) is 6.62. The largest absolute Gasteiger partial charge is 0.122 e. The first-order chi connectivity index (χ1) is 5.70. The Labute approximate surface area is 78.4 Å². The molecule has 0 saturated carbocycles. The predicted octanol–water partition coefficient (Wildman–Crippen LogP) is 3.59. The summed E-state index contributed by atoms with van der Waals surface area (Å²) in [5.41, 5.74) is 3.03. The Bertz CT molecular complexity index is 304. The zero-order valence-corrected chi connectivity index (χ0v) is 8.61. The molecule has 0 aliphatic carbocycles. The van der Waals surface area contributed by atoms with E-state index in [1.807, 2.05) is 11.8 Å². The van der Waals surface area contributed by atoms with Crippen molar-refractivity contribution in [3.63, 3.8) is 0 Å². The van der Waals surface area contributed by atoms with Gasteiger partial charge in [0.05, 0.1) is 0 Å². The Kier molecular flexibility index (Phi) is 1.91. The summed E-state index contributed by atoms with van der Waals surface area (Å²) in [4.78, 5) is 1.50. The molecule has 0 aromatic heterocycles. The van der Waals surface area contributed by atoms with Crippen molar-refractivity contribution in [2.45, 2.75) is 36.8 Å². The van der Waals surface area contributed by atoms with Crippen LogP contribution >= 0.6 is 11.8 Å². The molecular formula is C11H14S. The number of aryl methyl sites for hydroxylation is 1. The van der Waals surface area contributed by atoms with Crippen molar-refractivity contribution in [2.75, 3.05) is 0 Å². The first-order valence-corrected chi connectivity index (χ1v) is 5.34. The second-order valence-corrected chi connectivity index (χ2v) is 5.02. The second-order valence-electron chi connectivity index (χ2n) is 3.60. The van der Waals surface area contributed by atoms with E-state index in [-0.39, 0.29) is 0 Å². The maximum atomic E-state index is 2.33. The number of thioether (sulfide) groups is 1. The van der Waals surface area contributed by atoms with Crippen molar-refractivity contribution in [1.29, 1.82) is 0 Å². The summed E-state index contributed by atoms with van der Waals surface area (Å²) in [5.74, 6) is 0.728. The minimum absolute atomic E-state index is 0.728. The average molecular weight is 178 g/mol. The van der Waals surface area contributed by atoms with Gasteiger partial charge in [0, 0.05) is 10.1 Å². The molecule has 1 aromatic rings. The third-order valence-corrected chi connectivity index (χ3v) is 4.15. The highest BCUT2D eigenvalue weighted by atomic mass is 32.2. The van der Waals surface area contributed by atoms with Crippen LogP contribution in [0, 0.1) is 6.92 Å². The zero-order chi connectivity index (χ0) is 8.72. The highest BCUT2D eigenvalue weighted by Gasteiger charge is 2.27. The van der Waals surface area contributed by atoms with Crippen molar-refractivity contribution >= 4 is 11.8 Å². The van der Waals surface area contributed by atoms with Crippen LogP contribution in [0.4, 0.5) is 0 Å². The molecule has 0 fully saturated rings. The topological polar surface area (TPSA) is 0 Å². The number of fused-ring (bicyclic) bond motifs is 1. The van der Waals surface area contributed by atoms with Gasteiger partial charge in [-0.2, -0.15) is 0 Å². The van der Waals surface area contributed by atoms with Crippen molar-refractivity contribution in [3.8, 4) is 0 Å². The third-order valence-electron chi connectivity index (χ3n) is 2.76. The molecule has 12 heavy (non-hydrogen) atoms. The van der Waals surface area contributed by atoms with Crippen LogP contribution in [0.5, 0.6) is 0 Å². The van der Waals surface area contributed by atoms with Gasteiger partial charge in [0.25, 0.3) is 0 Å². The summed E-state index contributed by atoms with van der Waals surface area (Å²) in [5, 5.41) is 0.751. The molecule has 1 heterocycles. The van der Waals surface area contributed by atoms with Crippen molar-refractivity contribution < 1.29 is 0 Å². The van der Waals surface area contributed by atoms with Crippen LogP contribution in [0.1, 0.15) is 30.9 Å². The van der Waals surface area contributed by atoms with Gasteiger partial charge in [-0.05, 0) is 30.0 Å². The third kappa shape index (κ3) is 1.08. The maximum absolute atomic E-state index is 2.33. The van der Waals surface area contributed by atoms with E-state index < -0.39 is 0 Å². The number of hydrogen-bond donors (Lipinski definition) is 0. The average Bonchev–Trinajstić information content (AvgIpc) is 2.29. The molecule has 1 aliphatic heterocycles. The summed E-state index contributed by atoms with van der Waals surface area (Å²) >= 11 is 2.01. The lowest BCUT2D eigenvalue weighted by Crippen LogP contribution is -2.01. The van der Waals surface area contributed by atoms with Gasteiger partial charge in [-0.3, -0.25) is 0 Å². The van der Waals surface area contributed by atoms with Crippen LogP contribution in [0.25, 0.3) is 0 Å². The Morgan fingerprint density at radius 3 is 2.67 bits per heavy atom. The van der Waals surface area contributed by atoms with E-state index in [4.69, 9.17) is 0 Å². The van der Waals surface area contributed by atoms with Gasteiger partial charge in [-0.1, -0.05) is 26.0 Å². The molecule has 1 aromatic carbocycles. The molecule has 2 rings (SSSR count). The predicted molar refractivity (Wildman–Crippen MR) is 54.9 cm³/mol. The number of hydrogen-bond acceptors (Lipinski definition) is 1. The van der Waals surface area contributed by atoms with Gasteiger partial charge >= 0.3 is 0 Å². The van der Waals surface area contributed by atoms with Gasteiger partial charge in [-0.15, -0.1) is 11.8 Å². The van der Waals surface area contributed by atoms with Crippen LogP contribution in [-0.4, -0.2) is 5.25 Å². The highest BCUT2D eigenvalue weighted by Crippen LogP contribution is 2.45. The molecule has 0 radical (unpaired) electrons. The molecule has 0 amide bonds. The Balaban J connectivity index is 2.55. The molecule has 0 saturated heterocycles. The molecule has 1 aliphatic rings. The van der Waals surface area contributed by atoms with Crippen LogP contribution in [0.3, 0.4) is 0 Å². The molecule has 64 valence electrons. The second kappa shape index (κ2) is 2.81. The first-order valence-electron chi connectivity index (χ1n) is 4.46. The highest BCUT2D eigenvalue weighted by molar-refractivity contribution is 8.00. The molecule has 1 heteroatoms. The van der Waals surface area contributed by atoms with Crippen molar-refractivity contribution in [3.05, 3.63) is 29.3 Å². The Morgan fingerprint density at radius 2 is 2.00 bits per heavy atom. The van der Waals surface area contributed by atoms with Crippen molar-refractivity contribution in [2.24, 2.45) is 0 Å². The van der Waals surface area contributed by atoms with Gasteiger partial charge in [-0.25, -0.2) is 0 Å². The lowest BCUT2D eigenvalue weighted by Gasteiger charge is -2.10. The normalized spacial score (nSPS) is 27.2. The summed E-state index contributed by atoms with van der Waals surface area (Å²) in [7, 11) is 0. The molecular weight excluding hydrogens is 164 g/mol. The molecule has 0 N–H and O–H groups in total. The van der Waals surface area contributed by atoms with Crippen LogP contribution in [0.15, 0.2) is 23.1 Å². The molecule has 0 bridgehead atoms.